The monoisotopic (exact) mass is 312 g/mol. The van der Waals surface area contributed by atoms with E-state index in [0.29, 0.717) is 24.6 Å². The topological polar surface area (TPSA) is 52.4 Å². The lowest BCUT2D eigenvalue weighted by Gasteiger charge is -2.26. The molecule has 0 radical (unpaired) electrons. The second-order valence-electron chi connectivity index (χ2n) is 5.78. The Morgan fingerprint density at radius 3 is 2.76 bits per heavy atom. The van der Waals surface area contributed by atoms with Crippen LogP contribution < -0.4 is 4.90 Å². The van der Waals surface area contributed by atoms with Gasteiger partial charge in [0.2, 0.25) is 5.95 Å². The van der Waals surface area contributed by atoms with E-state index >= 15 is 0 Å². The summed E-state index contributed by atoms with van der Waals surface area (Å²) in [5.41, 5.74) is 0. The fraction of sp³-hybridized carbons (Fsp3) is 0.857. The number of hydrogen-bond donors (Lipinski definition) is 0. The van der Waals surface area contributed by atoms with Crippen molar-refractivity contribution >= 4 is 17.7 Å². The standard InChI is InChI=1S/C14H24N4O2S/c1-4-17(2)13-16-15-12(11-9-19-7-8-20-11)18(13)10-14(21-3)5-6-14/h11H,4-10H2,1-3H3. The summed E-state index contributed by atoms with van der Waals surface area (Å²) in [5, 5.41) is 8.81. The van der Waals surface area contributed by atoms with Crippen LogP contribution in [0.1, 0.15) is 31.7 Å². The van der Waals surface area contributed by atoms with Crippen molar-refractivity contribution in [2.75, 3.05) is 44.6 Å². The van der Waals surface area contributed by atoms with Crippen molar-refractivity contribution < 1.29 is 9.47 Å². The number of anilines is 1. The van der Waals surface area contributed by atoms with Crippen molar-refractivity contribution in [2.24, 2.45) is 0 Å². The predicted molar refractivity (Wildman–Crippen MR) is 84.0 cm³/mol. The van der Waals surface area contributed by atoms with Crippen LogP contribution >= 0.6 is 11.8 Å². The minimum atomic E-state index is -0.0945. The first-order valence-corrected chi connectivity index (χ1v) is 8.80. The third kappa shape index (κ3) is 3.05. The third-order valence-electron chi connectivity index (χ3n) is 4.37. The molecule has 1 aliphatic carbocycles. The average Bonchev–Trinajstić information content (AvgIpc) is 3.19. The van der Waals surface area contributed by atoms with E-state index in [1.54, 1.807) is 0 Å². The summed E-state index contributed by atoms with van der Waals surface area (Å²) < 4.78 is 14.0. The van der Waals surface area contributed by atoms with Gasteiger partial charge in [0.1, 0.15) is 6.10 Å². The van der Waals surface area contributed by atoms with E-state index in [-0.39, 0.29) is 6.10 Å². The summed E-state index contributed by atoms with van der Waals surface area (Å²) >= 11 is 1.95. The molecular weight excluding hydrogens is 288 g/mol. The normalized spacial score (nSPS) is 24.0. The summed E-state index contributed by atoms with van der Waals surface area (Å²) in [7, 11) is 2.06. The lowest BCUT2D eigenvalue weighted by Crippen LogP contribution is -2.28. The summed E-state index contributed by atoms with van der Waals surface area (Å²) in [5.74, 6) is 1.84. The molecule has 0 N–H and O–H groups in total. The molecule has 0 spiro atoms. The van der Waals surface area contributed by atoms with E-state index in [1.807, 2.05) is 11.8 Å². The highest BCUT2D eigenvalue weighted by Gasteiger charge is 2.44. The molecule has 3 rings (SSSR count). The van der Waals surface area contributed by atoms with Gasteiger partial charge in [-0.1, -0.05) is 0 Å². The van der Waals surface area contributed by atoms with Crippen molar-refractivity contribution in [1.82, 2.24) is 14.8 Å². The second kappa shape index (κ2) is 6.14. The van der Waals surface area contributed by atoms with Crippen LogP contribution in [0.4, 0.5) is 5.95 Å². The summed E-state index contributed by atoms with van der Waals surface area (Å²) in [6.07, 6.45) is 4.63. The highest BCUT2D eigenvalue weighted by Crippen LogP contribution is 2.49. The maximum absolute atomic E-state index is 5.83. The molecule has 0 bridgehead atoms. The van der Waals surface area contributed by atoms with Gasteiger partial charge in [0.15, 0.2) is 5.82 Å². The van der Waals surface area contributed by atoms with Crippen molar-refractivity contribution in [3.05, 3.63) is 5.82 Å². The van der Waals surface area contributed by atoms with Crippen LogP contribution in [0.25, 0.3) is 0 Å². The molecule has 6 nitrogen and oxygen atoms in total. The first-order chi connectivity index (χ1) is 10.2. The molecule has 7 heteroatoms. The van der Waals surface area contributed by atoms with Gasteiger partial charge in [-0.3, -0.25) is 4.57 Å². The first-order valence-electron chi connectivity index (χ1n) is 7.58. The van der Waals surface area contributed by atoms with Crippen LogP contribution in [-0.2, 0) is 16.0 Å². The fourth-order valence-corrected chi connectivity index (χ4v) is 3.38. The van der Waals surface area contributed by atoms with Gasteiger partial charge in [-0.05, 0) is 26.0 Å². The minimum Gasteiger partial charge on any atom is -0.376 e. The zero-order chi connectivity index (χ0) is 14.9. The van der Waals surface area contributed by atoms with Crippen LogP contribution in [0, 0.1) is 0 Å². The Morgan fingerprint density at radius 2 is 2.19 bits per heavy atom. The van der Waals surface area contributed by atoms with Crippen molar-refractivity contribution in [2.45, 2.75) is 37.2 Å². The minimum absolute atomic E-state index is 0.0945. The molecule has 2 fully saturated rings. The number of nitrogens with zero attached hydrogens (tertiary/aromatic N) is 4. The molecule has 1 saturated heterocycles. The van der Waals surface area contributed by atoms with Gasteiger partial charge in [-0.25, -0.2) is 0 Å². The smallest absolute Gasteiger partial charge is 0.227 e. The van der Waals surface area contributed by atoms with E-state index in [0.717, 1.165) is 24.9 Å². The van der Waals surface area contributed by atoms with Gasteiger partial charge >= 0.3 is 0 Å². The van der Waals surface area contributed by atoms with E-state index < -0.39 is 0 Å². The van der Waals surface area contributed by atoms with Crippen molar-refractivity contribution in [3.63, 3.8) is 0 Å². The van der Waals surface area contributed by atoms with Gasteiger partial charge in [-0.2, -0.15) is 11.8 Å². The van der Waals surface area contributed by atoms with E-state index in [2.05, 4.69) is 39.9 Å². The van der Waals surface area contributed by atoms with E-state index in [9.17, 15) is 0 Å². The lowest BCUT2D eigenvalue weighted by atomic mass is 10.3. The molecule has 1 unspecified atom stereocenters. The fourth-order valence-electron chi connectivity index (χ4n) is 2.61. The zero-order valence-corrected chi connectivity index (χ0v) is 13.9. The molecule has 0 aromatic carbocycles. The number of ether oxygens (including phenoxy) is 2. The van der Waals surface area contributed by atoms with Gasteiger partial charge in [0, 0.05) is 24.9 Å². The number of aromatic nitrogens is 3. The third-order valence-corrected chi connectivity index (χ3v) is 5.77. The van der Waals surface area contributed by atoms with Gasteiger partial charge < -0.3 is 14.4 Å². The van der Waals surface area contributed by atoms with E-state index in [1.165, 1.54) is 12.8 Å². The SMILES string of the molecule is CCN(C)c1nnc(C2COCCO2)n1CC1(SC)CC1. The molecule has 2 aliphatic rings. The Kier molecular flexibility index (Phi) is 4.42. The molecular formula is C14H24N4O2S. The summed E-state index contributed by atoms with van der Waals surface area (Å²) in [6, 6.07) is 0. The van der Waals surface area contributed by atoms with Crippen LogP contribution in [0.15, 0.2) is 0 Å². The molecule has 1 atom stereocenters. The molecule has 21 heavy (non-hydrogen) atoms. The van der Waals surface area contributed by atoms with Gasteiger partial charge in [0.25, 0.3) is 0 Å². The van der Waals surface area contributed by atoms with Crippen LogP contribution in [-0.4, -0.2) is 59.2 Å². The van der Waals surface area contributed by atoms with E-state index in [4.69, 9.17) is 9.47 Å². The maximum atomic E-state index is 5.83. The molecule has 118 valence electrons. The summed E-state index contributed by atoms with van der Waals surface area (Å²) in [6.45, 7) is 5.86. The van der Waals surface area contributed by atoms with Gasteiger partial charge in [-0.15, -0.1) is 10.2 Å². The van der Waals surface area contributed by atoms with Crippen molar-refractivity contribution in [3.8, 4) is 0 Å². The van der Waals surface area contributed by atoms with Crippen LogP contribution in [0.2, 0.25) is 0 Å². The Balaban J connectivity index is 1.89. The highest BCUT2D eigenvalue weighted by atomic mass is 32.2. The largest absolute Gasteiger partial charge is 0.376 e. The molecule has 1 aromatic rings. The van der Waals surface area contributed by atoms with Crippen LogP contribution in [0.3, 0.4) is 0 Å². The molecule has 1 aromatic heterocycles. The maximum Gasteiger partial charge on any atom is 0.227 e. The number of thioether (sulfide) groups is 1. The van der Waals surface area contributed by atoms with Crippen molar-refractivity contribution in [1.29, 1.82) is 0 Å². The Labute approximate surface area is 130 Å². The molecule has 1 saturated carbocycles. The second-order valence-corrected chi connectivity index (χ2v) is 7.05. The highest BCUT2D eigenvalue weighted by molar-refractivity contribution is 8.00. The number of rotatable bonds is 6. The molecule has 1 aliphatic heterocycles. The first kappa shape index (κ1) is 15.1. The molecule has 0 amide bonds. The lowest BCUT2D eigenvalue weighted by molar-refractivity contribution is -0.0948. The average molecular weight is 312 g/mol. The molecule has 2 heterocycles. The Hall–Kier alpha value is -0.790. The Morgan fingerprint density at radius 1 is 1.38 bits per heavy atom. The predicted octanol–water partition coefficient (Wildman–Crippen LogP) is 1.72. The summed E-state index contributed by atoms with van der Waals surface area (Å²) in [4.78, 5) is 2.14. The Bertz CT molecular complexity index is 483. The zero-order valence-electron chi connectivity index (χ0n) is 13.0. The quantitative estimate of drug-likeness (QED) is 0.797. The van der Waals surface area contributed by atoms with Gasteiger partial charge in [0.05, 0.1) is 19.8 Å². The number of hydrogen-bond acceptors (Lipinski definition) is 6. The van der Waals surface area contributed by atoms with Crippen LogP contribution in [0.5, 0.6) is 0 Å².